The molecule has 0 unspecified atom stereocenters. The molecular weight excluding hydrogens is 310 g/mol. The number of aromatic nitrogens is 1. The van der Waals surface area contributed by atoms with Gasteiger partial charge in [0.05, 0.1) is 5.56 Å². The van der Waals surface area contributed by atoms with Crippen LogP contribution in [0, 0.1) is 0 Å². The number of amides is 2. The molecule has 1 aromatic heterocycles. The van der Waals surface area contributed by atoms with Crippen molar-refractivity contribution < 1.29 is 14.0 Å². The van der Waals surface area contributed by atoms with Crippen molar-refractivity contribution in [3.63, 3.8) is 0 Å². The average Bonchev–Trinajstić information content (AvgIpc) is 2.45. The van der Waals surface area contributed by atoms with Crippen LogP contribution >= 0.6 is 0 Å². The van der Waals surface area contributed by atoms with Crippen LogP contribution in [-0.4, -0.2) is 37.8 Å². The van der Waals surface area contributed by atoms with Gasteiger partial charge in [-0.2, -0.15) is 0 Å². The summed E-state index contributed by atoms with van der Waals surface area (Å²) in [6, 6.07) is 2.54. The molecule has 1 aromatic rings. The molecule has 1 heterocycles. The molecule has 1 atom stereocenters. The summed E-state index contributed by atoms with van der Waals surface area (Å²) < 4.78 is 6.03. The Hall–Kier alpha value is -1.73. The number of carbonyl (C=O) groups is 2. The predicted molar refractivity (Wildman–Crippen MR) is 92.5 cm³/mol. The van der Waals surface area contributed by atoms with E-state index in [9.17, 15) is 9.59 Å². The van der Waals surface area contributed by atoms with Crippen LogP contribution < -0.4 is 11.1 Å². The van der Waals surface area contributed by atoms with Crippen molar-refractivity contribution in [1.82, 2.24) is 10.3 Å². The molecule has 1 rings (SSSR count). The quantitative estimate of drug-likeness (QED) is 0.745. The summed E-state index contributed by atoms with van der Waals surface area (Å²) in [5, 5.41) is 2.73. The smallest absolute Gasteiger partial charge is 0.253 e. The second-order valence-electron chi connectivity index (χ2n) is 7.07. The molecule has 0 aliphatic carbocycles. The summed E-state index contributed by atoms with van der Waals surface area (Å²) in [7, 11) is -1.89. The van der Waals surface area contributed by atoms with Crippen molar-refractivity contribution in [3.05, 3.63) is 30.1 Å². The van der Waals surface area contributed by atoms with E-state index in [1.54, 1.807) is 18.3 Å². The molecule has 0 aliphatic rings. The van der Waals surface area contributed by atoms with Crippen molar-refractivity contribution in [2.75, 3.05) is 6.61 Å². The summed E-state index contributed by atoms with van der Waals surface area (Å²) >= 11 is 0. The van der Waals surface area contributed by atoms with Crippen molar-refractivity contribution in [3.8, 4) is 0 Å². The standard InChI is InChI=1S/C16H27N3O3Si/c1-16(2,3)23(4,5)22-10-8-13(14(17)20)19-15(21)12-7-6-9-18-11-12/h6-7,9,11,13H,8,10H2,1-5H3,(H2,17,20)(H,19,21)/t13-/m1/s1. The molecule has 3 N–H and O–H groups in total. The first-order valence-corrected chi connectivity index (χ1v) is 10.6. The lowest BCUT2D eigenvalue weighted by Crippen LogP contribution is -2.47. The van der Waals surface area contributed by atoms with Gasteiger partial charge in [-0.1, -0.05) is 20.8 Å². The Morgan fingerprint density at radius 3 is 2.52 bits per heavy atom. The Balaban J connectivity index is 2.60. The molecule has 0 saturated heterocycles. The van der Waals surface area contributed by atoms with Crippen molar-refractivity contribution in [2.45, 2.75) is 51.4 Å². The third-order valence-corrected chi connectivity index (χ3v) is 8.79. The summed E-state index contributed by atoms with van der Waals surface area (Å²) in [4.78, 5) is 27.5. The number of rotatable bonds is 7. The maximum absolute atomic E-state index is 12.1. The fourth-order valence-corrected chi connectivity index (χ4v) is 2.73. The number of hydrogen-bond acceptors (Lipinski definition) is 4. The Morgan fingerprint density at radius 1 is 1.39 bits per heavy atom. The number of nitrogens with zero attached hydrogens (tertiary/aromatic N) is 1. The minimum atomic E-state index is -1.89. The van der Waals surface area contributed by atoms with Crippen LogP contribution in [0.5, 0.6) is 0 Å². The van der Waals surface area contributed by atoms with Crippen molar-refractivity contribution in [1.29, 1.82) is 0 Å². The summed E-state index contributed by atoms with van der Waals surface area (Å²) in [5.74, 6) is -0.935. The van der Waals surface area contributed by atoms with Crippen LogP contribution in [-0.2, 0) is 9.22 Å². The van der Waals surface area contributed by atoms with Gasteiger partial charge in [0.25, 0.3) is 5.91 Å². The van der Waals surface area contributed by atoms with E-state index in [0.717, 1.165) is 0 Å². The van der Waals surface area contributed by atoms with Gasteiger partial charge in [0.1, 0.15) is 6.04 Å². The van der Waals surface area contributed by atoms with Gasteiger partial charge >= 0.3 is 0 Å². The van der Waals surface area contributed by atoms with Crippen LogP contribution in [0.25, 0.3) is 0 Å². The Morgan fingerprint density at radius 2 is 2.04 bits per heavy atom. The number of hydrogen-bond donors (Lipinski definition) is 2. The van der Waals surface area contributed by atoms with E-state index in [4.69, 9.17) is 10.2 Å². The summed E-state index contributed by atoms with van der Waals surface area (Å²) in [6.07, 6.45) is 3.38. The van der Waals surface area contributed by atoms with Gasteiger partial charge < -0.3 is 15.5 Å². The van der Waals surface area contributed by atoms with E-state index in [2.05, 4.69) is 44.2 Å². The maximum Gasteiger partial charge on any atom is 0.253 e. The Bertz CT molecular complexity index is 541. The van der Waals surface area contributed by atoms with Gasteiger partial charge in [0.2, 0.25) is 5.91 Å². The first kappa shape index (κ1) is 19.3. The van der Waals surface area contributed by atoms with Crippen LogP contribution in [0.1, 0.15) is 37.6 Å². The van der Waals surface area contributed by atoms with Gasteiger partial charge in [0.15, 0.2) is 8.32 Å². The zero-order valence-electron chi connectivity index (χ0n) is 14.6. The Kier molecular flexibility index (Phi) is 6.46. The molecule has 0 aromatic carbocycles. The molecule has 23 heavy (non-hydrogen) atoms. The summed E-state index contributed by atoms with van der Waals surface area (Å²) in [5.41, 5.74) is 5.78. The third kappa shape index (κ3) is 5.76. The molecule has 6 nitrogen and oxygen atoms in total. The van der Waals surface area contributed by atoms with E-state index < -0.39 is 20.3 Å². The van der Waals surface area contributed by atoms with E-state index >= 15 is 0 Å². The third-order valence-electron chi connectivity index (χ3n) is 4.25. The molecule has 0 aliphatic heterocycles. The first-order valence-electron chi connectivity index (χ1n) is 7.69. The molecule has 0 radical (unpaired) electrons. The number of carbonyl (C=O) groups excluding carboxylic acids is 2. The predicted octanol–water partition coefficient (Wildman–Crippen LogP) is 2.08. The Labute approximate surface area is 138 Å². The molecule has 0 spiro atoms. The SMILES string of the molecule is CC(C)(C)[Si](C)(C)OCC[C@@H](NC(=O)c1cccnc1)C(N)=O. The summed E-state index contributed by atoms with van der Waals surface area (Å²) in [6.45, 7) is 11.1. The average molecular weight is 337 g/mol. The van der Waals surface area contributed by atoms with Crippen molar-refractivity contribution in [2.24, 2.45) is 5.73 Å². The topological polar surface area (TPSA) is 94.3 Å². The monoisotopic (exact) mass is 337 g/mol. The van der Waals surface area contributed by atoms with Crippen LogP contribution in [0.15, 0.2) is 24.5 Å². The highest BCUT2D eigenvalue weighted by Gasteiger charge is 2.37. The van der Waals surface area contributed by atoms with Gasteiger partial charge in [0, 0.05) is 19.0 Å². The fourth-order valence-electron chi connectivity index (χ4n) is 1.67. The highest BCUT2D eigenvalue weighted by atomic mass is 28.4. The number of pyridine rings is 1. The molecule has 0 saturated carbocycles. The lowest BCUT2D eigenvalue weighted by atomic mass is 10.2. The van der Waals surface area contributed by atoms with Gasteiger partial charge in [-0.25, -0.2) is 0 Å². The van der Waals surface area contributed by atoms with Crippen molar-refractivity contribution >= 4 is 20.1 Å². The zero-order valence-corrected chi connectivity index (χ0v) is 15.6. The van der Waals surface area contributed by atoms with Crippen LogP contribution in [0.2, 0.25) is 18.1 Å². The molecule has 0 fully saturated rings. The zero-order chi connectivity index (χ0) is 17.7. The van der Waals surface area contributed by atoms with E-state index in [-0.39, 0.29) is 10.9 Å². The van der Waals surface area contributed by atoms with Gasteiger partial charge in [-0.15, -0.1) is 0 Å². The maximum atomic E-state index is 12.1. The normalized spacial score (nSPS) is 13.4. The fraction of sp³-hybridized carbons (Fsp3) is 0.562. The lowest BCUT2D eigenvalue weighted by molar-refractivity contribution is -0.120. The first-order chi connectivity index (χ1) is 10.5. The highest BCUT2D eigenvalue weighted by Crippen LogP contribution is 2.36. The molecular formula is C16H27N3O3Si. The second kappa shape index (κ2) is 7.70. The lowest BCUT2D eigenvalue weighted by Gasteiger charge is -2.36. The van der Waals surface area contributed by atoms with Gasteiger partial charge in [-0.05, 0) is 36.7 Å². The van der Waals surface area contributed by atoms with Crippen LogP contribution in [0.4, 0.5) is 0 Å². The van der Waals surface area contributed by atoms with E-state index in [1.807, 2.05) is 0 Å². The van der Waals surface area contributed by atoms with Crippen LogP contribution in [0.3, 0.4) is 0 Å². The number of nitrogens with two attached hydrogens (primary N) is 1. The molecule has 7 heteroatoms. The van der Waals surface area contributed by atoms with E-state index in [1.165, 1.54) is 6.20 Å². The number of primary amides is 1. The van der Waals surface area contributed by atoms with Gasteiger partial charge in [-0.3, -0.25) is 14.6 Å². The largest absolute Gasteiger partial charge is 0.417 e. The molecule has 128 valence electrons. The number of nitrogens with one attached hydrogen (secondary N) is 1. The minimum absolute atomic E-state index is 0.0914. The second-order valence-corrected chi connectivity index (χ2v) is 11.9. The highest BCUT2D eigenvalue weighted by molar-refractivity contribution is 6.74. The van der Waals surface area contributed by atoms with E-state index in [0.29, 0.717) is 18.6 Å². The minimum Gasteiger partial charge on any atom is -0.417 e. The molecule has 0 bridgehead atoms. The molecule has 2 amide bonds.